The van der Waals surface area contributed by atoms with Crippen LogP contribution in [0.5, 0.6) is 11.5 Å². The fourth-order valence-electron chi connectivity index (χ4n) is 1.74. The lowest BCUT2D eigenvalue weighted by atomic mass is 10.2. The van der Waals surface area contributed by atoms with Gasteiger partial charge in [0.2, 0.25) is 0 Å². The van der Waals surface area contributed by atoms with Crippen LogP contribution >= 0.6 is 0 Å². The third-order valence-corrected chi connectivity index (χ3v) is 3.83. The zero-order valence-corrected chi connectivity index (χ0v) is 12.9. The number of benzene rings is 2. The Bertz CT molecular complexity index is 638. The average Bonchev–Trinajstić information content (AvgIpc) is 3.08. The van der Waals surface area contributed by atoms with Crippen molar-refractivity contribution in [3.8, 4) is 11.5 Å². The first-order chi connectivity index (χ1) is 10.3. The number of hydrogen-bond donors (Lipinski definition) is 1. The van der Waals surface area contributed by atoms with Crippen LogP contribution in [0.4, 0.5) is 0 Å². The second-order valence-electron chi connectivity index (χ2n) is 4.31. The van der Waals surface area contributed by atoms with Crippen molar-refractivity contribution in [2.24, 2.45) is 0 Å². The fraction of sp³-hybridized carbons (Fsp3) is 0. The Kier molecular flexibility index (Phi) is 5.55. The summed E-state index contributed by atoms with van der Waals surface area (Å²) < 4.78 is 5.49. The molecule has 0 saturated carbocycles. The predicted octanol–water partition coefficient (Wildman–Crippen LogP) is 3.37. The van der Waals surface area contributed by atoms with Crippen molar-refractivity contribution in [1.82, 2.24) is 0 Å². The minimum absolute atomic E-state index is 0.159. The summed E-state index contributed by atoms with van der Waals surface area (Å²) in [5.74, 6) is -0.0241. The standard InChI is InChI=1S/C13H10O3.C4H6Si/c14-13(15)11-8-4-5-9-12(11)16-10-6-2-1-3-7-10;1-2-4-5-3-1/h1-9H,(H,14,15);1-4H,5H2. The van der Waals surface area contributed by atoms with E-state index < -0.39 is 5.97 Å². The molecule has 3 nitrogen and oxygen atoms in total. The van der Waals surface area contributed by atoms with Gasteiger partial charge in [-0.2, -0.15) is 0 Å². The molecule has 0 aromatic heterocycles. The molecule has 0 fully saturated rings. The van der Waals surface area contributed by atoms with Gasteiger partial charge in [0, 0.05) is 0 Å². The van der Waals surface area contributed by atoms with Crippen LogP contribution in [0.3, 0.4) is 0 Å². The summed E-state index contributed by atoms with van der Waals surface area (Å²) in [6, 6.07) is 15.6. The monoisotopic (exact) mass is 296 g/mol. The van der Waals surface area contributed by atoms with Gasteiger partial charge >= 0.3 is 5.97 Å². The van der Waals surface area contributed by atoms with E-state index in [1.807, 2.05) is 18.2 Å². The van der Waals surface area contributed by atoms with E-state index in [0.717, 1.165) is 0 Å². The number of carboxylic acids is 1. The lowest BCUT2D eigenvalue weighted by Crippen LogP contribution is -1.99. The quantitative estimate of drug-likeness (QED) is 0.883. The third-order valence-electron chi connectivity index (χ3n) is 2.74. The molecule has 3 rings (SSSR count). The molecule has 0 saturated heterocycles. The Balaban J connectivity index is 0.000000272. The topological polar surface area (TPSA) is 46.5 Å². The summed E-state index contributed by atoms with van der Waals surface area (Å²) in [6.07, 6.45) is 4.23. The molecule has 1 heterocycles. The second-order valence-corrected chi connectivity index (χ2v) is 5.72. The summed E-state index contributed by atoms with van der Waals surface area (Å²) >= 11 is 0. The van der Waals surface area contributed by atoms with Crippen LogP contribution in [0.1, 0.15) is 10.4 Å². The molecule has 4 heteroatoms. The van der Waals surface area contributed by atoms with Crippen LogP contribution in [-0.2, 0) is 0 Å². The molecule has 106 valence electrons. The molecule has 0 spiro atoms. The van der Waals surface area contributed by atoms with Gasteiger partial charge < -0.3 is 9.84 Å². The summed E-state index contributed by atoms with van der Waals surface area (Å²) in [7, 11) is 0.182. The van der Waals surface area contributed by atoms with Gasteiger partial charge in [-0.3, -0.25) is 0 Å². The van der Waals surface area contributed by atoms with Gasteiger partial charge in [0.15, 0.2) is 0 Å². The number of allylic oxidation sites excluding steroid dienone is 2. The van der Waals surface area contributed by atoms with E-state index in [4.69, 9.17) is 9.84 Å². The van der Waals surface area contributed by atoms with E-state index in [1.165, 1.54) is 6.07 Å². The van der Waals surface area contributed by atoms with Gasteiger partial charge in [-0.05, 0) is 24.3 Å². The lowest BCUT2D eigenvalue weighted by Gasteiger charge is -2.07. The Morgan fingerprint density at radius 1 is 0.905 bits per heavy atom. The molecule has 2 aromatic carbocycles. The van der Waals surface area contributed by atoms with Gasteiger partial charge in [-0.15, -0.1) is 0 Å². The Labute approximate surface area is 126 Å². The molecule has 1 aliphatic heterocycles. The van der Waals surface area contributed by atoms with E-state index >= 15 is 0 Å². The fourth-order valence-corrected chi connectivity index (χ4v) is 2.53. The molecular formula is C17H16O3Si. The number of ether oxygens (including phenoxy) is 1. The number of carboxylic acid groups (broad SMARTS) is 1. The maximum absolute atomic E-state index is 10.9. The molecular weight excluding hydrogens is 280 g/mol. The zero-order chi connectivity index (χ0) is 14.9. The highest BCUT2D eigenvalue weighted by atomic mass is 28.2. The smallest absolute Gasteiger partial charge is 0.339 e. The van der Waals surface area contributed by atoms with Gasteiger partial charge in [0.05, 0.1) is 9.52 Å². The van der Waals surface area contributed by atoms with Crippen molar-refractivity contribution < 1.29 is 14.6 Å². The molecule has 0 bridgehead atoms. The largest absolute Gasteiger partial charge is 0.478 e. The van der Waals surface area contributed by atoms with Crippen LogP contribution in [0.2, 0.25) is 0 Å². The van der Waals surface area contributed by atoms with Crippen LogP contribution in [-0.4, -0.2) is 20.6 Å². The van der Waals surface area contributed by atoms with E-state index in [1.54, 1.807) is 30.3 Å². The highest BCUT2D eigenvalue weighted by Gasteiger charge is 2.10. The Morgan fingerprint density at radius 2 is 1.52 bits per heavy atom. The van der Waals surface area contributed by atoms with Gasteiger partial charge in [0.1, 0.15) is 17.1 Å². The molecule has 0 atom stereocenters. The molecule has 2 aromatic rings. The molecule has 1 aliphatic rings. The third kappa shape index (κ3) is 4.78. The molecule has 0 amide bonds. The van der Waals surface area contributed by atoms with Crippen LogP contribution < -0.4 is 4.74 Å². The maximum Gasteiger partial charge on any atom is 0.339 e. The van der Waals surface area contributed by atoms with E-state index in [9.17, 15) is 4.79 Å². The number of aromatic carboxylic acids is 1. The van der Waals surface area contributed by atoms with Crippen LogP contribution in [0.15, 0.2) is 78.1 Å². The molecule has 0 radical (unpaired) electrons. The normalized spacial score (nSPS) is 11.6. The Hall–Kier alpha value is -2.59. The van der Waals surface area contributed by atoms with Gasteiger partial charge in [-0.25, -0.2) is 4.79 Å². The number of carbonyl (C=O) groups is 1. The summed E-state index contributed by atoms with van der Waals surface area (Å²) in [5.41, 5.74) is 4.69. The van der Waals surface area contributed by atoms with E-state index in [2.05, 4.69) is 23.6 Å². The van der Waals surface area contributed by atoms with Crippen molar-refractivity contribution in [2.45, 2.75) is 0 Å². The number of rotatable bonds is 3. The second kappa shape index (κ2) is 7.87. The van der Waals surface area contributed by atoms with Crippen LogP contribution in [0.25, 0.3) is 0 Å². The SMILES string of the molecule is C1=C[SiH2]C=C1.O=C(O)c1ccccc1Oc1ccccc1. The summed E-state index contributed by atoms with van der Waals surface area (Å²) in [6.45, 7) is 0. The Morgan fingerprint density at radius 3 is 2.10 bits per heavy atom. The molecule has 1 N–H and O–H groups in total. The number of hydrogen-bond acceptors (Lipinski definition) is 2. The highest BCUT2D eigenvalue weighted by Crippen LogP contribution is 2.24. The van der Waals surface area contributed by atoms with E-state index in [-0.39, 0.29) is 15.1 Å². The first-order valence-electron chi connectivity index (χ1n) is 6.64. The lowest BCUT2D eigenvalue weighted by molar-refractivity contribution is 0.0694. The van der Waals surface area contributed by atoms with Crippen LogP contribution in [0, 0.1) is 0 Å². The minimum atomic E-state index is -0.994. The van der Waals surface area contributed by atoms with E-state index in [0.29, 0.717) is 11.5 Å². The highest BCUT2D eigenvalue weighted by molar-refractivity contribution is 6.49. The summed E-state index contributed by atoms with van der Waals surface area (Å²) in [4.78, 5) is 10.9. The predicted molar refractivity (Wildman–Crippen MR) is 86.7 cm³/mol. The molecule has 21 heavy (non-hydrogen) atoms. The van der Waals surface area contributed by atoms with Crippen molar-refractivity contribution in [2.75, 3.05) is 0 Å². The maximum atomic E-state index is 10.9. The van der Waals surface area contributed by atoms with Crippen molar-refractivity contribution in [3.05, 3.63) is 83.7 Å². The summed E-state index contributed by atoms with van der Waals surface area (Å²) in [5, 5.41) is 8.96. The zero-order valence-electron chi connectivity index (χ0n) is 11.5. The van der Waals surface area contributed by atoms with Gasteiger partial charge in [0.25, 0.3) is 0 Å². The minimum Gasteiger partial charge on any atom is -0.478 e. The van der Waals surface area contributed by atoms with Crippen molar-refractivity contribution in [1.29, 1.82) is 0 Å². The molecule has 0 unspecified atom stereocenters. The first-order valence-corrected chi connectivity index (χ1v) is 8.27. The molecule has 0 aliphatic carbocycles. The average molecular weight is 296 g/mol. The van der Waals surface area contributed by atoms with Crippen molar-refractivity contribution in [3.63, 3.8) is 0 Å². The van der Waals surface area contributed by atoms with Gasteiger partial charge in [-0.1, -0.05) is 53.9 Å². The number of para-hydroxylation sites is 2. The van der Waals surface area contributed by atoms with Crippen molar-refractivity contribution >= 4 is 15.5 Å². The first kappa shape index (κ1) is 14.8.